The molecule has 1 aliphatic carbocycles. The molecule has 19 N–H and O–H groups in total. The van der Waals surface area contributed by atoms with Crippen molar-refractivity contribution >= 4 is 77.4 Å². The van der Waals surface area contributed by atoms with Gasteiger partial charge in [-0.1, -0.05) is 40.5 Å². The molecule has 3 amide bonds. The number of carboxylic acid groups (broad SMARTS) is 8. The molecular weight excluding hydrogens is 1110 g/mol. The topological polar surface area (TPSA) is 549 Å². The number of nitrogens with two attached hydrogens (primary N) is 4. The van der Waals surface area contributed by atoms with Gasteiger partial charge in [0.05, 0.1) is 5.92 Å². The lowest BCUT2D eigenvalue weighted by Gasteiger charge is -2.25. The zero-order valence-electron chi connectivity index (χ0n) is 48.0. The van der Waals surface area contributed by atoms with Crippen LogP contribution in [0.1, 0.15) is 130 Å². The molecule has 9 atom stereocenters. The van der Waals surface area contributed by atoms with Gasteiger partial charge in [0.15, 0.2) is 0 Å². The fourth-order valence-electron chi connectivity index (χ4n) is 8.29. The fourth-order valence-corrected chi connectivity index (χ4v) is 8.29. The molecule has 4 fully saturated rings. The van der Waals surface area contributed by atoms with Crippen molar-refractivity contribution < 1.29 is 113 Å². The van der Waals surface area contributed by atoms with E-state index in [1.54, 1.807) is 14.1 Å². The predicted octanol–water partition coefficient (Wildman–Crippen LogP) is -1.73. The maximum absolute atomic E-state index is 11.8. The molecule has 0 bridgehead atoms. The van der Waals surface area contributed by atoms with Gasteiger partial charge in [0.25, 0.3) is 0 Å². The summed E-state index contributed by atoms with van der Waals surface area (Å²) in [6, 6.07) is -5.34. The van der Waals surface area contributed by atoms with Gasteiger partial charge in [-0.15, -0.1) is 0 Å². The molecule has 3 heterocycles. The van der Waals surface area contributed by atoms with Gasteiger partial charge >= 0.3 is 59.7 Å². The molecule has 4 rings (SSSR count). The summed E-state index contributed by atoms with van der Waals surface area (Å²) in [5.74, 6) is -10.5. The van der Waals surface area contributed by atoms with E-state index in [2.05, 4.69) is 16.0 Å². The quantitative estimate of drug-likeness (QED) is 0.0387. The summed E-state index contributed by atoms with van der Waals surface area (Å²) in [6.07, 6.45) is 4.81. The van der Waals surface area contributed by atoms with E-state index in [0.29, 0.717) is 76.3 Å². The number of likely N-dealkylation sites (tertiary alicyclic amines) is 2. The van der Waals surface area contributed by atoms with Crippen LogP contribution >= 0.6 is 0 Å². The molecule has 3 aliphatic heterocycles. The lowest BCUT2D eigenvalue weighted by Crippen LogP contribution is -2.46. The summed E-state index contributed by atoms with van der Waals surface area (Å²) in [4.78, 5) is 144. The van der Waals surface area contributed by atoms with Crippen LogP contribution in [0.25, 0.3) is 0 Å². The molecule has 1 saturated carbocycles. The number of nitrogens with zero attached hydrogens (tertiary/aromatic N) is 2. The maximum atomic E-state index is 11.8. The number of hydrogen-bond acceptors (Lipinski definition) is 21. The Labute approximate surface area is 480 Å². The first kappa shape index (κ1) is 77.9. The lowest BCUT2D eigenvalue weighted by atomic mass is 10.0. The smallest absolute Gasteiger partial charge is 0.346 e. The molecule has 32 nitrogen and oxygen atoms in total. The van der Waals surface area contributed by atoms with Crippen molar-refractivity contribution in [1.29, 1.82) is 0 Å². The average molecular weight is 1200 g/mol. The molecule has 83 heavy (non-hydrogen) atoms. The van der Waals surface area contributed by atoms with Crippen molar-refractivity contribution in [2.45, 2.75) is 185 Å². The minimum absolute atomic E-state index is 0.0185. The Morgan fingerprint density at radius 2 is 0.904 bits per heavy atom. The van der Waals surface area contributed by atoms with Crippen molar-refractivity contribution in [3.8, 4) is 0 Å². The summed E-state index contributed by atoms with van der Waals surface area (Å²) in [6.45, 7) is 8.38. The van der Waals surface area contributed by atoms with E-state index in [1.165, 1.54) is 9.80 Å². The second kappa shape index (κ2) is 41.8. The Bertz CT molecular complexity index is 2010. The molecule has 0 aromatic heterocycles. The summed E-state index contributed by atoms with van der Waals surface area (Å²) in [5.41, 5.74) is 20.9. The summed E-state index contributed by atoms with van der Waals surface area (Å²) in [5, 5.41) is 78.0. The first-order valence-corrected chi connectivity index (χ1v) is 27.0. The van der Waals surface area contributed by atoms with Crippen molar-refractivity contribution in [3.63, 3.8) is 0 Å². The molecule has 476 valence electrons. The van der Waals surface area contributed by atoms with Crippen LogP contribution in [0.4, 0.5) is 0 Å². The number of hydrogen-bond donors (Lipinski definition) is 15. The van der Waals surface area contributed by atoms with Gasteiger partial charge in [-0.2, -0.15) is 0 Å². The number of esters is 2. The van der Waals surface area contributed by atoms with Crippen LogP contribution in [0.5, 0.6) is 0 Å². The number of amides is 3. The monoisotopic (exact) mass is 1200 g/mol. The zero-order chi connectivity index (χ0) is 64.3. The number of carbonyl (C=O) groups is 13. The minimum atomic E-state index is -1.53. The van der Waals surface area contributed by atoms with E-state index in [4.69, 9.17) is 73.3 Å². The number of carboxylic acids is 8. The predicted molar refractivity (Wildman–Crippen MR) is 291 cm³/mol. The third-order valence-corrected chi connectivity index (χ3v) is 12.9. The average Bonchev–Trinajstić information content (AvgIpc) is 4.27. The number of primary amides is 2. The van der Waals surface area contributed by atoms with Gasteiger partial charge in [0, 0.05) is 32.4 Å². The minimum Gasteiger partial charge on any atom is -0.481 e. The van der Waals surface area contributed by atoms with Gasteiger partial charge < -0.3 is 89.2 Å². The molecule has 0 radical (unpaired) electrons. The lowest BCUT2D eigenvalue weighted by molar-refractivity contribution is -0.167. The van der Waals surface area contributed by atoms with E-state index in [0.717, 1.165) is 25.7 Å². The van der Waals surface area contributed by atoms with Gasteiger partial charge in [-0.25, -0.2) is 14.4 Å². The molecule has 0 aromatic carbocycles. The highest BCUT2D eigenvalue weighted by molar-refractivity contribution is 5.87. The standard InChI is InChI=1S/2C13H21N3O7.2C7H15NO2.C6H10O2.C5H7NO3/c2*14-7(3-4-10(15)17)13(22)23-9(12(20)21)6-16-5-1-2-8(16)11(18)19;2*1-5(2)4-6(8-3)7(9)10;7-6(8)5-3-1-2-4-5;7-4-2-1-3(6-4)5(8)9/h2*7-9H,1-6,14H2,(H2,15,17)(H,18,19)(H,20,21);2*5-6,8H,4H2,1-3H3,(H,9,10);5H,1-4H2,(H,7,8);3H,1-2H2,(H,6,7)(H,8,9)/t2*7?,8-,9-;;;;/m00..../s1. The summed E-state index contributed by atoms with van der Waals surface area (Å²) >= 11 is 0. The first-order valence-electron chi connectivity index (χ1n) is 27.0. The number of ether oxygens (including phenoxy) is 2. The van der Waals surface area contributed by atoms with Crippen molar-refractivity contribution in [1.82, 2.24) is 25.8 Å². The van der Waals surface area contributed by atoms with E-state index in [9.17, 15) is 62.3 Å². The highest BCUT2D eigenvalue weighted by Gasteiger charge is 2.38. The Balaban J connectivity index is 0. The molecule has 4 aliphatic rings. The number of nitrogens with one attached hydrogen (secondary N) is 3. The summed E-state index contributed by atoms with van der Waals surface area (Å²) in [7, 11) is 3.34. The first-order chi connectivity index (χ1) is 38.6. The van der Waals surface area contributed by atoms with Crippen LogP contribution in [0.2, 0.25) is 0 Å². The van der Waals surface area contributed by atoms with Crippen LogP contribution in [0, 0.1) is 17.8 Å². The van der Waals surface area contributed by atoms with Crippen molar-refractivity contribution in [2.75, 3.05) is 40.3 Å². The van der Waals surface area contributed by atoms with Gasteiger partial charge in [0.1, 0.15) is 42.3 Å². The van der Waals surface area contributed by atoms with Gasteiger partial charge in [-0.3, -0.25) is 57.7 Å². The van der Waals surface area contributed by atoms with E-state index in [1.807, 2.05) is 27.7 Å². The van der Waals surface area contributed by atoms with Crippen LogP contribution in [0.3, 0.4) is 0 Å². The third-order valence-electron chi connectivity index (χ3n) is 12.9. The van der Waals surface area contributed by atoms with Crippen LogP contribution in [-0.2, 0) is 71.8 Å². The number of carbonyl (C=O) groups excluding carboxylic acids is 5. The van der Waals surface area contributed by atoms with Crippen molar-refractivity contribution in [3.05, 3.63) is 0 Å². The zero-order valence-corrected chi connectivity index (χ0v) is 48.0. The Morgan fingerprint density at radius 1 is 0.542 bits per heavy atom. The van der Waals surface area contributed by atoms with Gasteiger partial charge in [0.2, 0.25) is 29.9 Å². The van der Waals surface area contributed by atoms with Gasteiger partial charge in [-0.05, 0) is 110 Å². The van der Waals surface area contributed by atoms with Crippen molar-refractivity contribution in [2.24, 2.45) is 40.7 Å². The molecule has 0 spiro atoms. The van der Waals surface area contributed by atoms with E-state index >= 15 is 0 Å². The Kier molecular flexibility index (Phi) is 39.2. The second-order valence-corrected chi connectivity index (χ2v) is 20.7. The molecule has 0 aromatic rings. The Morgan fingerprint density at radius 3 is 1.11 bits per heavy atom. The third kappa shape index (κ3) is 34.8. The second-order valence-electron chi connectivity index (χ2n) is 20.7. The molecule has 3 saturated heterocycles. The number of rotatable bonds is 28. The van der Waals surface area contributed by atoms with Crippen LogP contribution < -0.4 is 38.9 Å². The van der Waals surface area contributed by atoms with Crippen LogP contribution in [-0.4, -0.2) is 223 Å². The fraction of sp³-hybridized carbons (Fsp3) is 0.745. The van der Waals surface area contributed by atoms with E-state index in [-0.39, 0.29) is 62.7 Å². The molecule has 5 unspecified atom stereocenters. The number of likely N-dealkylation sites (N-methyl/N-ethyl adjacent to an activating group) is 2. The Hall–Kier alpha value is -7.13. The maximum Gasteiger partial charge on any atom is 0.346 e. The van der Waals surface area contributed by atoms with E-state index < -0.39 is 114 Å². The molecule has 32 heteroatoms. The SMILES string of the molecule is CNC(CC(C)C)C(=O)O.CNC(CC(C)C)C(=O)O.NC(=O)CCC(N)C(=O)O[C@@H](CN1CCC[C@H]1C(=O)O)C(=O)O.NC(=O)CCC(N)C(=O)O[C@@H](CN1CCC[C@H]1C(=O)O)C(=O)O.O=C(O)C1CCCC1.O=C1CCC(C(=O)O)N1. The molecular formula is C51H89N9O23. The largest absolute Gasteiger partial charge is 0.481 e. The van der Waals surface area contributed by atoms with Crippen LogP contribution in [0.15, 0.2) is 0 Å². The number of aliphatic carboxylic acids is 8. The normalized spacial score (nSPS) is 19.6. The highest BCUT2D eigenvalue weighted by atomic mass is 16.6. The summed E-state index contributed by atoms with van der Waals surface area (Å²) < 4.78 is 9.69. The highest BCUT2D eigenvalue weighted by Crippen LogP contribution is 2.24.